The fourth-order valence-corrected chi connectivity index (χ4v) is 3.57. The van der Waals surface area contributed by atoms with Crippen molar-refractivity contribution in [2.75, 3.05) is 19.6 Å². The third-order valence-corrected chi connectivity index (χ3v) is 5.18. The van der Waals surface area contributed by atoms with Gasteiger partial charge in [0.25, 0.3) is 0 Å². The standard InChI is InChI=1S/C20H29FN2O3.ClH/c1-2-3-4-18(19(24)25)16-10-13-23(14-11-16)20(26)22-12-9-15-5-7-17(21)8-6-15;/h5-8,16,18H,2-4,9-14H2,1H3,(H,22,26)(H,24,25);1H. The Kier molecular flexibility index (Phi) is 10.1. The molecule has 5 nitrogen and oxygen atoms in total. The van der Waals surface area contributed by atoms with E-state index in [1.807, 2.05) is 0 Å². The molecule has 1 fully saturated rings. The van der Waals surface area contributed by atoms with Gasteiger partial charge in [0.1, 0.15) is 5.82 Å². The molecule has 1 aliphatic rings. The lowest BCUT2D eigenvalue weighted by Crippen LogP contribution is -2.46. The molecule has 0 saturated carbocycles. The molecule has 1 heterocycles. The number of aliphatic carboxylic acids is 1. The number of nitrogens with one attached hydrogen (secondary N) is 1. The molecule has 1 aliphatic heterocycles. The number of carbonyl (C=O) groups is 2. The first-order valence-electron chi connectivity index (χ1n) is 9.51. The smallest absolute Gasteiger partial charge is 0.317 e. The van der Waals surface area contributed by atoms with Gasteiger partial charge < -0.3 is 15.3 Å². The predicted molar refractivity (Wildman–Crippen MR) is 106 cm³/mol. The van der Waals surface area contributed by atoms with Gasteiger partial charge in [0.15, 0.2) is 0 Å². The molecule has 1 aromatic rings. The van der Waals surface area contributed by atoms with Crippen molar-refractivity contribution in [3.63, 3.8) is 0 Å². The molecular weight excluding hydrogens is 371 g/mol. The number of piperidine rings is 1. The molecule has 0 aromatic heterocycles. The topological polar surface area (TPSA) is 69.6 Å². The van der Waals surface area contributed by atoms with E-state index in [0.29, 0.717) is 26.1 Å². The summed E-state index contributed by atoms with van der Waals surface area (Å²) in [6.45, 7) is 3.77. The van der Waals surface area contributed by atoms with Crippen molar-refractivity contribution in [1.29, 1.82) is 0 Å². The van der Waals surface area contributed by atoms with Crippen LogP contribution in [0.5, 0.6) is 0 Å². The third kappa shape index (κ3) is 7.37. The first-order chi connectivity index (χ1) is 12.5. The summed E-state index contributed by atoms with van der Waals surface area (Å²) in [7, 11) is 0. The number of hydrogen-bond acceptors (Lipinski definition) is 2. The van der Waals surface area contributed by atoms with E-state index in [9.17, 15) is 19.1 Å². The number of carboxylic acid groups (broad SMARTS) is 1. The molecule has 2 amide bonds. The van der Waals surface area contributed by atoms with Gasteiger partial charge in [-0.25, -0.2) is 9.18 Å². The number of unbranched alkanes of at least 4 members (excludes halogenated alkanes) is 1. The van der Waals surface area contributed by atoms with Crippen molar-refractivity contribution >= 4 is 24.4 Å². The minimum atomic E-state index is -0.708. The number of halogens is 2. The summed E-state index contributed by atoms with van der Waals surface area (Å²) < 4.78 is 12.9. The van der Waals surface area contributed by atoms with E-state index in [1.165, 1.54) is 12.1 Å². The highest BCUT2D eigenvalue weighted by atomic mass is 35.5. The molecule has 0 radical (unpaired) electrons. The quantitative estimate of drug-likeness (QED) is 0.690. The maximum Gasteiger partial charge on any atom is 0.317 e. The average molecular weight is 401 g/mol. The van der Waals surface area contributed by atoms with E-state index in [2.05, 4.69) is 12.2 Å². The molecule has 2 N–H and O–H groups in total. The first kappa shape index (κ1) is 23.2. The van der Waals surface area contributed by atoms with E-state index in [1.54, 1.807) is 17.0 Å². The zero-order valence-electron chi connectivity index (χ0n) is 15.8. The van der Waals surface area contributed by atoms with Crippen LogP contribution in [0.15, 0.2) is 24.3 Å². The second-order valence-corrected chi connectivity index (χ2v) is 7.02. The fourth-order valence-electron chi connectivity index (χ4n) is 3.57. The number of nitrogens with zero attached hydrogens (tertiary/aromatic N) is 1. The Balaban J connectivity index is 0.00000364. The highest BCUT2D eigenvalue weighted by Crippen LogP contribution is 2.29. The number of amides is 2. The zero-order valence-corrected chi connectivity index (χ0v) is 16.6. The lowest BCUT2D eigenvalue weighted by molar-refractivity contribution is -0.144. The molecular formula is C20H30ClFN2O3. The summed E-state index contributed by atoms with van der Waals surface area (Å²) in [5.41, 5.74) is 0.977. The molecule has 7 heteroatoms. The van der Waals surface area contributed by atoms with Crippen molar-refractivity contribution < 1.29 is 19.1 Å². The Bertz CT molecular complexity index is 589. The number of hydrogen-bond donors (Lipinski definition) is 2. The molecule has 1 saturated heterocycles. The van der Waals surface area contributed by atoms with E-state index >= 15 is 0 Å². The normalized spacial score (nSPS) is 15.7. The predicted octanol–water partition coefficient (Wildman–Crippen LogP) is 4.10. The van der Waals surface area contributed by atoms with Crippen LogP contribution < -0.4 is 5.32 Å². The van der Waals surface area contributed by atoms with Crippen LogP contribution in [0.4, 0.5) is 9.18 Å². The van der Waals surface area contributed by atoms with Gasteiger partial charge >= 0.3 is 12.0 Å². The van der Waals surface area contributed by atoms with Crippen molar-refractivity contribution in [3.8, 4) is 0 Å². The monoisotopic (exact) mass is 400 g/mol. The lowest BCUT2D eigenvalue weighted by Gasteiger charge is -2.34. The van der Waals surface area contributed by atoms with Gasteiger partial charge in [-0.3, -0.25) is 4.79 Å². The summed E-state index contributed by atoms with van der Waals surface area (Å²) in [4.78, 5) is 25.5. The number of likely N-dealkylation sites (tertiary alicyclic amines) is 1. The summed E-state index contributed by atoms with van der Waals surface area (Å²) >= 11 is 0. The number of carboxylic acids is 1. The van der Waals surface area contributed by atoms with Crippen molar-refractivity contribution in [3.05, 3.63) is 35.6 Å². The Morgan fingerprint density at radius 1 is 1.26 bits per heavy atom. The number of carbonyl (C=O) groups excluding carboxylic acids is 1. The molecule has 1 unspecified atom stereocenters. The van der Waals surface area contributed by atoms with Crippen LogP contribution in [0.3, 0.4) is 0 Å². The molecule has 1 atom stereocenters. The first-order valence-corrected chi connectivity index (χ1v) is 9.51. The molecule has 0 bridgehead atoms. The minimum Gasteiger partial charge on any atom is -0.481 e. The van der Waals surface area contributed by atoms with Gasteiger partial charge in [-0.2, -0.15) is 0 Å². The summed E-state index contributed by atoms with van der Waals surface area (Å²) in [6, 6.07) is 6.16. The SMILES string of the molecule is CCCCC(C(=O)O)C1CCN(C(=O)NCCc2ccc(F)cc2)CC1.Cl. The fraction of sp³-hybridized carbons (Fsp3) is 0.600. The summed E-state index contributed by atoms with van der Waals surface area (Å²) in [5.74, 6) is -1.11. The van der Waals surface area contributed by atoms with Crippen molar-refractivity contribution in [2.45, 2.75) is 45.4 Å². The lowest BCUT2D eigenvalue weighted by atomic mass is 9.81. The second kappa shape index (κ2) is 11.8. The van der Waals surface area contributed by atoms with Gasteiger partial charge in [-0.1, -0.05) is 31.9 Å². The minimum absolute atomic E-state index is 0. The Morgan fingerprint density at radius 2 is 1.89 bits per heavy atom. The molecule has 1 aromatic carbocycles. The van der Waals surface area contributed by atoms with Crippen molar-refractivity contribution in [1.82, 2.24) is 10.2 Å². The van der Waals surface area contributed by atoms with Crippen LogP contribution in [0, 0.1) is 17.7 Å². The van der Waals surface area contributed by atoms with Gasteiger partial charge in [0, 0.05) is 19.6 Å². The average Bonchev–Trinajstić information content (AvgIpc) is 2.64. The third-order valence-electron chi connectivity index (χ3n) is 5.18. The van der Waals surface area contributed by atoms with Crippen LogP contribution in [0.1, 0.15) is 44.6 Å². The Labute approximate surface area is 166 Å². The van der Waals surface area contributed by atoms with Crippen LogP contribution in [-0.2, 0) is 11.2 Å². The summed E-state index contributed by atoms with van der Waals surface area (Å²) in [6.07, 6.45) is 4.79. The largest absolute Gasteiger partial charge is 0.481 e. The maximum absolute atomic E-state index is 12.9. The summed E-state index contributed by atoms with van der Waals surface area (Å²) in [5, 5.41) is 12.3. The van der Waals surface area contributed by atoms with E-state index < -0.39 is 5.97 Å². The molecule has 2 rings (SSSR count). The van der Waals surface area contributed by atoms with Gasteiger partial charge in [-0.15, -0.1) is 12.4 Å². The van der Waals surface area contributed by atoms with E-state index in [-0.39, 0.29) is 36.1 Å². The molecule has 0 aliphatic carbocycles. The maximum atomic E-state index is 12.9. The van der Waals surface area contributed by atoms with Gasteiger partial charge in [0.2, 0.25) is 0 Å². The number of urea groups is 1. The van der Waals surface area contributed by atoms with Gasteiger partial charge in [0.05, 0.1) is 5.92 Å². The highest BCUT2D eigenvalue weighted by molar-refractivity contribution is 5.85. The van der Waals surface area contributed by atoms with Crippen molar-refractivity contribution in [2.24, 2.45) is 11.8 Å². The number of rotatable bonds is 8. The zero-order chi connectivity index (χ0) is 18.9. The van der Waals surface area contributed by atoms with E-state index in [0.717, 1.165) is 37.7 Å². The van der Waals surface area contributed by atoms with Crippen LogP contribution in [-0.4, -0.2) is 41.6 Å². The Morgan fingerprint density at radius 3 is 2.44 bits per heavy atom. The van der Waals surface area contributed by atoms with Gasteiger partial charge in [-0.05, 0) is 49.3 Å². The van der Waals surface area contributed by atoms with E-state index in [4.69, 9.17) is 0 Å². The highest BCUT2D eigenvalue weighted by Gasteiger charge is 2.32. The molecule has 152 valence electrons. The second-order valence-electron chi connectivity index (χ2n) is 7.02. The molecule has 0 spiro atoms. The number of benzene rings is 1. The molecule has 27 heavy (non-hydrogen) atoms. The van der Waals surface area contributed by atoms with Crippen LogP contribution in [0.25, 0.3) is 0 Å². The van der Waals surface area contributed by atoms with Crippen LogP contribution >= 0.6 is 12.4 Å². The van der Waals surface area contributed by atoms with Crippen LogP contribution in [0.2, 0.25) is 0 Å². The Hall–Kier alpha value is -1.82.